The van der Waals surface area contributed by atoms with Crippen LogP contribution in [0.1, 0.15) is 22.7 Å². The number of benzene rings is 2. The summed E-state index contributed by atoms with van der Waals surface area (Å²) in [5.74, 6) is 0. The standard InChI is InChI=1S/C18H21NO/c1-15-6-5-9-17(14-15)18(16-7-3-2-4-8-16)19-10-12-20-13-11-19/h2-9,14,18H,10-13H2,1H3/t18-/m0/s1. The Morgan fingerprint density at radius 2 is 1.60 bits per heavy atom. The van der Waals surface area contributed by atoms with E-state index in [1.54, 1.807) is 0 Å². The van der Waals surface area contributed by atoms with E-state index in [9.17, 15) is 0 Å². The molecule has 0 spiro atoms. The Morgan fingerprint density at radius 3 is 2.30 bits per heavy atom. The van der Waals surface area contributed by atoms with Gasteiger partial charge in [-0.25, -0.2) is 0 Å². The molecule has 0 bridgehead atoms. The minimum Gasteiger partial charge on any atom is -0.379 e. The molecule has 0 radical (unpaired) electrons. The first-order valence-electron chi connectivity index (χ1n) is 7.28. The molecule has 1 aliphatic heterocycles. The molecule has 2 heteroatoms. The first-order valence-corrected chi connectivity index (χ1v) is 7.28. The summed E-state index contributed by atoms with van der Waals surface area (Å²) in [7, 11) is 0. The van der Waals surface area contributed by atoms with Crippen molar-refractivity contribution in [2.24, 2.45) is 0 Å². The Balaban J connectivity index is 1.98. The van der Waals surface area contributed by atoms with Crippen LogP contribution in [0.5, 0.6) is 0 Å². The van der Waals surface area contributed by atoms with Crippen molar-refractivity contribution in [1.82, 2.24) is 4.90 Å². The van der Waals surface area contributed by atoms with E-state index < -0.39 is 0 Å². The van der Waals surface area contributed by atoms with Crippen molar-refractivity contribution in [3.8, 4) is 0 Å². The third-order valence-corrected chi connectivity index (χ3v) is 3.88. The van der Waals surface area contributed by atoms with Crippen molar-refractivity contribution in [3.63, 3.8) is 0 Å². The molecular weight excluding hydrogens is 246 g/mol. The van der Waals surface area contributed by atoms with Crippen molar-refractivity contribution in [2.75, 3.05) is 26.3 Å². The van der Waals surface area contributed by atoms with Crippen LogP contribution in [0, 0.1) is 6.92 Å². The number of nitrogens with zero attached hydrogens (tertiary/aromatic N) is 1. The molecule has 0 aromatic heterocycles. The number of morpholine rings is 1. The zero-order valence-electron chi connectivity index (χ0n) is 12.0. The van der Waals surface area contributed by atoms with Crippen LogP contribution in [-0.2, 0) is 4.74 Å². The van der Waals surface area contributed by atoms with Gasteiger partial charge in [-0.05, 0) is 18.1 Å². The van der Waals surface area contributed by atoms with Crippen molar-refractivity contribution < 1.29 is 4.74 Å². The molecule has 1 heterocycles. The normalized spacial score (nSPS) is 17.9. The van der Waals surface area contributed by atoms with Gasteiger partial charge in [0.2, 0.25) is 0 Å². The lowest BCUT2D eigenvalue weighted by molar-refractivity contribution is 0.0239. The Morgan fingerprint density at radius 1 is 0.900 bits per heavy atom. The summed E-state index contributed by atoms with van der Waals surface area (Å²) < 4.78 is 5.50. The fourth-order valence-corrected chi connectivity index (χ4v) is 2.93. The largest absolute Gasteiger partial charge is 0.379 e. The molecule has 3 rings (SSSR count). The van der Waals surface area contributed by atoms with Crippen molar-refractivity contribution in [2.45, 2.75) is 13.0 Å². The van der Waals surface area contributed by atoms with Gasteiger partial charge in [0.25, 0.3) is 0 Å². The van der Waals surface area contributed by atoms with E-state index in [0.29, 0.717) is 6.04 Å². The Kier molecular flexibility index (Phi) is 4.14. The maximum atomic E-state index is 5.50. The second kappa shape index (κ2) is 6.21. The molecule has 0 amide bonds. The molecule has 1 atom stereocenters. The van der Waals surface area contributed by atoms with Crippen LogP contribution in [0.4, 0.5) is 0 Å². The van der Waals surface area contributed by atoms with Gasteiger partial charge in [0, 0.05) is 13.1 Å². The van der Waals surface area contributed by atoms with E-state index in [1.807, 2.05) is 0 Å². The second-order valence-electron chi connectivity index (χ2n) is 5.38. The minimum absolute atomic E-state index is 0.333. The van der Waals surface area contributed by atoms with Gasteiger partial charge in [-0.3, -0.25) is 4.90 Å². The number of aryl methyl sites for hydroxylation is 1. The smallest absolute Gasteiger partial charge is 0.0603 e. The highest BCUT2D eigenvalue weighted by atomic mass is 16.5. The van der Waals surface area contributed by atoms with Gasteiger partial charge >= 0.3 is 0 Å². The van der Waals surface area contributed by atoms with Crippen molar-refractivity contribution in [1.29, 1.82) is 0 Å². The average molecular weight is 267 g/mol. The quantitative estimate of drug-likeness (QED) is 0.845. The molecular formula is C18H21NO. The molecule has 20 heavy (non-hydrogen) atoms. The van der Waals surface area contributed by atoms with E-state index in [0.717, 1.165) is 26.3 Å². The van der Waals surface area contributed by atoms with Gasteiger partial charge in [-0.15, -0.1) is 0 Å². The summed E-state index contributed by atoms with van der Waals surface area (Å²) in [5, 5.41) is 0. The van der Waals surface area contributed by atoms with Crippen molar-refractivity contribution >= 4 is 0 Å². The fraction of sp³-hybridized carbons (Fsp3) is 0.333. The molecule has 2 nitrogen and oxygen atoms in total. The van der Waals surface area contributed by atoms with Gasteiger partial charge in [-0.1, -0.05) is 60.2 Å². The molecule has 1 fully saturated rings. The van der Waals surface area contributed by atoms with Gasteiger partial charge in [0.05, 0.1) is 19.3 Å². The topological polar surface area (TPSA) is 12.5 Å². The maximum absolute atomic E-state index is 5.50. The summed E-state index contributed by atoms with van der Waals surface area (Å²) in [6, 6.07) is 20.0. The average Bonchev–Trinajstić information content (AvgIpc) is 2.50. The van der Waals surface area contributed by atoms with E-state index in [-0.39, 0.29) is 0 Å². The number of rotatable bonds is 3. The van der Waals surface area contributed by atoms with Crippen LogP contribution < -0.4 is 0 Å². The van der Waals surface area contributed by atoms with Crippen LogP contribution in [0.15, 0.2) is 54.6 Å². The number of hydrogen-bond acceptors (Lipinski definition) is 2. The summed E-state index contributed by atoms with van der Waals surface area (Å²) >= 11 is 0. The predicted molar refractivity (Wildman–Crippen MR) is 81.9 cm³/mol. The Labute approximate surface area is 121 Å². The Hall–Kier alpha value is -1.64. The number of ether oxygens (including phenoxy) is 1. The van der Waals surface area contributed by atoms with Crippen LogP contribution in [0.25, 0.3) is 0 Å². The van der Waals surface area contributed by atoms with Gasteiger partial charge in [0.15, 0.2) is 0 Å². The van der Waals surface area contributed by atoms with Gasteiger partial charge in [0.1, 0.15) is 0 Å². The SMILES string of the molecule is Cc1cccc([C@H](c2ccccc2)N2CCOCC2)c1. The lowest BCUT2D eigenvalue weighted by Gasteiger charge is -2.35. The van der Waals surface area contributed by atoms with E-state index >= 15 is 0 Å². The minimum atomic E-state index is 0.333. The second-order valence-corrected chi connectivity index (χ2v) is 5.38. The lowest BCUT2D eigenvalue weighted by Crippen LogP contribution is -2.39. The van der Waals surface area contributed by atoms with Crippen LogP contribution in [0.3, 0.4) is 0 Å². The monoisotopic (exact) mass is 267 g/mol. The zero-order chi connectivity index (χ0) is 13.8. The highest BCUT2D eigenvalue weighted by Crippen LogP contribution is 2.29. The highest BCUT2D eigenvalue weighted by Gasteiger charge is 2.23. The van der Waals surface area contributed by atoms with Crippen LogP contribution >= 0.6 is 0 Å². The summed E-state index contributed by atoms with van der Waals surface area (Å²) in [6.45, 7) is 5.80. The predicted octanol–water partition coefficient (Wildman–Crippen LogP) is 3.42. The first-order chi connectivity index (χ1) is 9.84. The zero-order valence-corrected chi connectivity index (χ0v) is 12.0. The maximum Gasteiger partial charge on any atom is 0.0603 e. The molecule has 0 aliphatic carbocycles. The van der Waals surface area contributed by atoms with Crippen LogP contribution in [0.2, 0.25) is 0 Å². The molecule has 1 saturated heterocycles. The molecule has 2 aromatic carbocycles. The van der Waals surface area contributed by atoms with E-state index in [4.69, 9.17) is 4.74 Å². The molecule has 1 aliphatic rings. The third-order valence-electron chi connectivity index (χ3n) is 3.88. The lowest BCUT2D eigenvalue weighted by atomic mass is 9.95. The highest BCUT2D eigenvalue weighted by molar-refractivity contribution is 5.34. The van der Waals surface area contributed by atoms with Crippen LogP contribution in [-0.4, -0.2) is 31.2 Å². The van der Waals surface area contributed by atoms with Crippen molar-refractivity contribution in [3.05, 3.63) is 71.3 Å². The molecule has 104 valence electrons. The summed E-state index contributed by atoms with van der Waals surface area (Å²) in [6.07, 6.45) is 0. The van der Waals surface area contributed by atoms with Gasteiger partial charge in [-0.2, -0.15) is 0 Å². The summed E-state index contributed by atoms with van der Waals surface area (Å²) in [4.78, 5) is 2.52. The molecule has 0 saturated carbocycles. The molecule has 2 aromatic rings. The molecule has 0 unspecified atom stereocenters. The first kappa shape index (κ1) is 13.3. The number of hydrogen-bond donors (Lipinski definition) is 0. The third kappa shape index (κ3) is 2.92. The Bertz CT molecular complexity index is 546. The fourth-order valence-electron chi connectivity index (χ4n) is 2.93. The van der Waals surface area contributed by atoms with Gasteiger partial charge < -0.3 is 4.74 Å². The molecule has 0 N–H and O–H groups in total. The summed E-state index contributed by atoms with van der Waals surface area (Å²) in [5.41, 5.74) is 4.05. The van der Waals surface area contributed by atoms with E-state index in [2.05, 4.69) is 66.4 Å². The van der Waals surface area contributed by atoms with E-state index in [1.165, 1.54) is 16.7 Å².